The zero-order chi connectivity index (χ0) is 16.8. The van der Waals surface area contributed by atoms with Crippen molar-refractivity contribution in [2.75, 3.05) is 31.5 Å². The van der Waals surface area contributed by atoms with E-state index in [9.17, 15) is 4.79 Å². The summed E-state index contributed by atoms with van der Waals surface area (Å²) in [5, 5.41) is 7.04. The Morgan fingerprint density at radius 1 is 1.36 bits per heavy atom. The smallest absolute Gasteiger partial charge is 0.225 e. The van der Waals surface area contributed by atoms with Crippen molar-refractivity contribution in [3.8, 4) is 0 Å². The molecule has 1 aromatic heterocycles. The standard InChI is InChI=1S/C18H21ClN4O.ClH/c19-15-4-1-3-14(11-15)17-13-21-8-10-23(17)9-6-18(24)22-16-5-2-7-20-12-16;/h1-5,7,11-12,17,21H,6,8-10,13H2,(H,22,24);1H. The first-order chi connectivity index (χ1) is 11.7. The molecule has 1 saturated heterocycles. The van der Waals surface area contributed by atoms with Gasteiger partial charge in [0.1, 0.15) is 0 Å². The summed E-state index contributed by atoms with van der Waals surface area (Å²) >= 11 is 6.12. The second-order valence-corrected chi connectivity index (χ2v) is 6.29. The third kappa shape index (κ3) is 5.68. The number of piperazine rings is 1. The maximum absolute atomic E-state index is 12.2. The van der Waals surface area contributed by atoms with Gasteiger partial charge < -0.3 is 10.6 Å². The number of halogens is 2. The number of aromatic nitrogens is 1. The number of carbonyl (C=O) groups excluding carboxylic acids is 1. The van der Waals surface area contributed by atoms with Gasteiger partial charge in [0.2, 0.25) is 5.91 Å². The van der Waals surface area contributed by atoms with Crippen LogP contribution in [0.2, 0.25) is 5.02 Å². The number of carbonyl (C=O) groups is 1. The van der Waals surface area contributed by atoms with Crippen LogP contribution in [0.1, 0.15) is 18.0 Å². The summed E-state index contributed by atoms with van der Waals surface area (Å²) in [6.07, 6.45) is 3.79. The van der Waals surface area contributed by atoms with Crippen molar-refractivity contribution in [1.82, 2.24) is 15.2 Å². The molecule has 3 rings (SSSR count). The average Bonchev–Trinajstić information content (AvgIpc) is 2.61. The minimum atomic E-state index is 0. The maximum atomic E-state index is 12.2. The van der Waals surface area contributed by atoms with Gasteiger partial charge in [-0.25, -0.2) is 0 Å². The molecule has 0 spiro atoms. The largest absolute Gasteiger partial charge is 0.325 e. The Kier molecular flexibility index (Phi) is 7.65. The summed E-state index contributed by atoms with van der Waals surface area (Å²) in [6, 6.07) is 11.8. The summed E-state index contributed by atoms with van der Waals surface area (Å²) in [7, 11) is 0. The van der Waals surface area contributed by atoms with Gasteiger partial charge in [0, 0.05) is 49.9 Å². The molecular formula is C18H22Cl2N4O. The minimum absolute atomic E-state index is 0. The topological polar surface area (TPSA) is 57.3 Å². The number of hydrogen-bond donors (Lipinski definition) is 2. The van der Waals surface area contributed by atoms with Crippen molar-refractivity contribution in [3.63, 3.8) is 0 Å². The zero-order valence-corrected chi connectivity index (χ0v) is 15.4. The molecule has 0 radical (unpaired) electrons. The lowest BCUT2D eigenvalue weighted by Gasteiger charge is -2.36. The van der Waals surface area contributed by atoms with Gasteiger partial charge in [0.25, 0.3) is 0 Å². The number of benzene rings is 1. The van der Waals surface area contributed by atoms with E-state index in [-0.39, 0.29) is 24.4 Å². The molecule has 25 heavy (non-hydrogen) atoms. The fourth-order valence-electron chi connectivity index (χ4n) is 2.96. The highest BCUT2D eigenvalue weighted by Crippen LogP contribution is 2.24. The van der Waals surface area contributed by atoms with Crippen molar-refractivity contribution in [2.45, 2.75) is 12.5 Å². The molecule has 1 aromatic carbocycles. The Morgan fingerprint density at radius 3 is 3.00 bits per heavy atom. The lowest BCUT2D eigenvalue weighted by Crippen LogP contribution is -2.46. The van der Waals surface area contributed by atoms with Crippen LogP contribution in [0.15, 0.2) is 48.8 Å². The van der Waals surface area contributed by atoms with Crippen LogP contribution in [0.3, 0.4) is 0 Å². The maximum Gasteiger partial charge on any atom is 0.225 e. The van der Waals surface area contributed by atoms with E-state index in [0.717, 1.165) is 30.3 Å². The molecule has 5 nitrogen and oxygen atoms in total. The Morgan fingerprint density at radius 2 is 2.24 bits per heavy atom. The number of amides is 1. The van der Waals surface area contributed by atoms with E-state index in [2.05, 4.69) is 26.6 Å². The SMILES string of the molecule is Cl.O=C(CCN1CCNCC1c1cccc(Cl)c1)Nc1cccnc1. The predicted molar refractivity (Wildman–Crippen MR) is 103 cm³/mol. The number of rotatable bonds is 5. The molecule has 2 aromatic rings. The molecular weight excluding hydrogens is 359 g/mol. The van der Waals surface area contributed by atoms with E-state index < -0.39 is 0 Å². The average molecular weight is 381 g/mol. The highest BCUT2D eigenvalue weighted by molar-refractivity contribution is 6.30. The van der Waals surface area contributed by atoms with Crippen LogP contribution in [0.5, 0.6) is 0 Å². The molecule has 2 N–H and O–H groups in total. The summed E-state index contributed by atoms with van der Waals surface area (Å²) in [5.74, 6) is 0.00590. The van der Waals surface area contributed by atoms with Crippen molar-refractivity contribution >= 4 is 35.6 Å². The third-order valence-electron chi connectivity index (χ3n) is 4.16. The summed E-state index contributed by atoms with van der Waals surface area (Å²) in [6.45, 7) is 3.42. The lowest BCUT2D eigenvalue weighted by molar-refractivity contribution is -0.116. The number of anilines is 1. The van der Waals surface area contributed by atoms with Crippen molar-refractivity contribution in [3.05, 3.63) is 59.4 Å². The van der Waals surface area contributed by atoms with E-state index in [1.807, 2.05) is 24.3 Å². The normalized spacial score (nSPS) is 17.6. The first-order valence-electron chi connectivity index (χ1n) is 8.12. The van der Waals surface area contributed by atoms with Crippen LogP contribution in [0, 0.1) is 0 Å². The van der Waals surface area contributed by atoms with Crippen LogP contribution in [-0.4, -0.2) is 42.0 Å². The van der Waals surface area contributed by atoms with Crippen molar-refractivity contribution in [1.29, 1.82) is 0 Å². The van der Waals surface area contributed by atoms with Crippen LogP contribution in [0.4, 0.5) is 5.69 Å². The van der Waals surface area contributed by atoms with Gasteiger partial charge in [-0.15, -0.1) is 12.4 Å². The Labute approximate surface area is 159 Å². The number of hydrogen-bond acceptors (Lipinski definition) is 4. The highest BCUT2D eigenvalue weighted by Gasteiger charge is 2.24. The van der Waals surface area contributed by atoms with Gasteiger partial charge in [-0.05, 0) is 29.8 Å². The lowest BCUT2D eigenvalue weighted by atomic mass is 10.0. The van der Waals surface area contributed by atoms with E-state index in [1.54, 1.807) is 18.5 Å². The molecule has 0 aliphatic carbocycles. The second-order valence-electron chi connectivity index (χ2n) is 5.85. The molecule has 2 heterocycles. The van der Waals surface area contributed by atoms with Crippen LogP contribution >= 0.6 is 24.0 Å². The Hall–Kier alpha value is -1.66. The summed E-state index contributed by atoms with van der Waals surface area (Å²) < 4.78 is 0. The quantitative estimate of drug-likeness (QED) is 0.836. The molecule has 1 aliphatic rings. The van der Waals surface area contributed by atoms with Gasteiger partial charge in [0.15, 0.2) is 0 Å². The van der Waals surface area contributed by atoms with Gasteiger partial charge in [-0.2, -0.15) is 0 Å². The highest BCUT2D eigenvalue weighted by atomic mass is 35.5. The molecule has 1 atom stereocenters. The molecule has 7 heteroatoms. The van der Waals surface area contributed by atoms with E-state index in [4.69, 9.17) is 11.6 Å². The summed E-state index contributed by atoms with van der Waals surface area (Å²) in [5.41, 5.74) is 1.91. The zero-order valence-electron chi connectivity index (χ0n) is 13.8. The first-order valence-corrected chi connectivity index (χ1v) is 8.50. The van der Waals surface area contributed by atoms with Crippen LogP contribution in [0.25, 0.3) is 0 Å². The fraction of sp³-hybridized carbons (Fsp3) is 0.333. The van der Waals surface area contributed by atoms with Crippen LogP contribution in [-0.2, 0) is 4.79 Å². The molecule has 1 aliphatic heterocycles. The first kappa shape index (κ1) is 19.7. The van der Waals surface area contributed by atoms with E-state index in [0.29, 0.717) is 13.0 Å². The molecule has 134 valence electrons. The fourth-order valence-corrected chi connectivity index (χ4v) is 3.16. The van der Waals surface area contributed by atoms with Gasteiger partial charge >= 0.3 is 0 Å². The van der Waals surface area contributed by atoms with Gasteiger partial charge in [0.05, 0.1) is 11.9 Å². The molecule has 0 saturated carbocycles. The predicted octanol–water partition coefficient (Wildman–Crippen LogP) is 3.13. The molecule has 1 fully saturated rings. The molecule has 1 unspecified atom stereocenters. The molecule has 0 bridgehead atoms. The van der Waals surface area contributed by atoms with Gasteiger partial charge in [-0.3, -0.25) is 14.7 Å². The number of pyridine rings is 1. The van der Waals surface area contributed by atoms with E-state index >= 15 is 0 Å². The third-order valence-corrected chi connectivity index (χ3v) is 4.39. The minimum Gasteiger partial charge on any atom is -0.325 e. The number of nitrogens with one attached hydrogen (secondary N) is 2. The Balaban J connectivity index is 0.00000225. The second kappa shape index (κ2) is 9.73. The number of nitrogens with zero attached hydrogens (tertiary/aromatic N) is 2. The van der Waals surface area contributed by atoms with Crippen molar-refractivity contribution in [2.24, 2.45) is 0 Å². The monoisotopic (exact) mass is 380 g/mol. The summed E-state index contributed by atoms with van der Waals surface area (Å²) in [4.78, 5) is 18.5. The van der Waals surface area contributed by atoms with Gasteiger partial charge in [-0.1, -0.05) is 23.7 Å². The van der Waals surface area contributed by atoms with Crippen molar-refractivity contribution < 1.29 is 4.79 Å². The Bertz CT molecular complexity index is 684. The molecule has 1 amide bonds. The van der Waals surface area contributed by atoms with E-state index in [1.165, 1.54) is 5.56 Å². The van der Waals surface area contributed by atoms with Crippen LogP contribution < -0.4 is 10.6 Å².